The highest BCUT2D eigenvalue weighted by atomic mass is 19.4. The molecule has 0 saturated heterocycles. The van der Waals surface area contributed by atoms with Crippen molar-refractivity contribution in [3.63, 3.8) is 0 Å². The first-order valence-corrected chi connectivity index (χ1v) is 4.09. The van der Waals surface area contributed by atoms with Gasteiger partial charge in [-0.2, -0.15) is 0 Å². The lowest BCUT2D eigenvalue weighted by Crippen LogP contribution is -2.13. The van der Waals surface area contributed by atoms with Gasteiger partial charge in [-0.05, 0) is 18.4 Å². The van der Waals surface area contributed by atoms with Gasteiger partial charge in [-0.1, -0.05) is 0 Å². The quantitative estimate of drug-likeness (QED) is 0.664. The minimum Gasteiger partial charge on any atom is -0.384 e. The largest absolute Gasteiger partial charge is 0.488 e. The predicted octanol–water partition coefficient (Wildman–Crippen LogP) is 2.32. The molecule has 0 radical (unpaired) electrons. The molecule has 2 heterocycles. The predicted molar refractivity (Wildman–Crippen MR) is 42.5 cm³/mol. The zero-order valence-electron chi connectivity index (χ0n) is 6.86. The summed E-state index contributed by atoms with van der Waals surface area (Å²) in [4.78, 5) is 0. The Bertz CT molecular complexity index is 290. The summed E-state index contributed by atoms with van der Waals surface area (Å²) < 4.78 is 36.9. The summed E-state index contributed by atoms with van der Waals surface area (Å²) >= 11 is 0. The fourth-order valence-electron chi connectivity index (χ4n) is 1.50. The summed E-state index contributed by atoms with van der Waals surface area (Å²) in [6, 6.07) is 0. The van der Waals surface area contributed by atoms with E-state index < -0.39 is 6.30 Å². The lowest BCUT2D eigenvalue weighted by atomic mass is 10.1. The number of aromatic nitrogens is 1. The topological polar surface area (TPSA) is 17.0 Å². The van der Waals surface area contributed by atoms with E-state index in [9.17, 15) is 13.2 Å². The number of halogens is 3. The van der Waals surface area contributed by atoms with E-state index in [1.807, 2.05) is 0 Å². The van der Waals surface area contributed by atoms with Crippen molar-refractivity contribution >= 4 is 5.69 Å². The molecule has 1 aromatic rings. The summed E-state index contributed by atoms with van der Waals surface area (Å²) in [5.41, 5.74) is 1.37. The van der Waals surface area contributed by atoms with Gasteiger partial charge in [0.25, 0.3) is 0 Å². The van der Waals surface area contributed by atoms with E-state index in [-0.39, 0.29) is 0 Å². The zero-order chi connectivity index (χ0) is 9.47. The number of aryl methyl sites for hydroxylation is 1. The molecule has 2 rings (SSSR count). The maximum Gasteiger partial charge on any atom is 0.488 e. The molecule has 1 aromatic heterocycles. The van der Waals surface area contributed by atoms with Crippen LogP contribution in [0.3, 0.4) is 0 Å². The van der Waals surface area contributed by atoms with E-state index in [2.05, 4.69) is 5.32 Å². The number of nitrogens with one attached hydrogen (secondary N) is 1. The monoisotopic (exact) mass is 190 g/mol. The van der Waals surface area contributed by atoms with Crippen molar-refractivity contribution < 1.29 is 13.2 Å². The van der Waals surface area contributed by atoms with Crippen molar-refractivity contribution in [2.45, 2.75) is 19.1 Å². The van der Waals surface area contributed by atoms with Crippen LogP contribution in [0.5, 0.6) is 0 Å². The first kappa shape index (κ1) is 8.47. The Balaban J connectivity index is 2.36. The van der Waals surface area contributed by atoms with Gasteiger partial charge in [-0.3, -0.25) is 4.57 Å². The van der Waals surface area contributed by atoms with E-state index in [4.69, 9.17) is 0 Å². The number of alkyl halides is 3. The summed E-state index contributed by atoms with van der Waals surface area (Å²) in [5.74, 6) is 0. The third-order valence-corrected chi connectivity index (χ3v) is 2.14. The van der Waals surface area contributed by atoms with Gasteiger partial charge in [0.2, 0.25) is 0 Å². The van der Waals surface area contributed by atoms with Crippen molar-refractivity contribution in [3.05, 3.63) is 18.0 Å². The van der Waals surface area contributed by atoms with Gasteiger partial charge < -0.3 is 5.32 Å². The Hall–Kier alpha value is -1.13. The normalized spacial score (nSPS) is 16.5. The lowest BCUT2D eigenvalue weighted by Gasteiger charge is -2.11. The maximum atomic E-state index is 12.2. The third-order valence-electron chi connectivity index (χ3n) is 2.14. The molecule has 0 unspecified atom stereocenters. The van der Waals surface area contributed by atoms with Crippen molar-refractivity contribution in [1.82, 2.24) is 4.57 Å². The van der Waals surface area contributed by atoms with Crippen molar-refractivity contribution in [1.29, 1.82) is 0 Å². The first-order chi connectivity index (χ1) is 6.07. The van der Waals surface area contributed by atoms with Gasteiger partial charge in [0.05, 0.1) is 5.69 Å². The highest BCUT2D eigenvalue weighted by Gasteiger charge is 2.31. The van der Waals surface area contributed by atoms with Gasteiger partial charge >= 0.3 is 6.30 Å². The van der Waals surface area contributed by atoms with Crippen LogP contribution in [0.2, 0.25) is 0 Å². The molecule has 0 saturated carbocycles. The average Bonchev–Trinajstić information content (AvgIpc) is 2.45. The van der Waals surface area contributed by atoms with Crippen LogP contribution in [0.25, 0.3) is 0 Å². The molecule has 5 heteroatoms. The second kappa shape index (κ2) is 2.68. The van der Waals surface area contributed by atoms with E-state index >= 15 is 0 Å². The molecule has 72 valence electrons. The fourth-order valence-corrected chi connectivity index (χ4v) is 1.50. The summed E-state index contributed by atoms with van der Waals surface area (Å²) in [6.45, 7) is 0.759. The van der Waals surface area contributed by atoms with Gasteiger partial charge in [-0.25, -0.2) is 0 Å². The average molecular weight is 190 g/mol. The molecule has 0 atom stereocenters. The van der Waals surface area contributed by atoms with Crippen LogP contribution in [-0.4, -0.2) is 11.1 Å². The zero-order valence-corrected chi connectivity index (χ0v) is 6.86. The van der Waals surface area contributed by atoms with Gasteiger partial charge in [0, 0.05) is 18.9 Å². The van der Waals surface area contributed by atoms with Crippen molar-refractivity contribution in [2.24, 2.45) is 0 Å². The SMILES string of the molecule is FC(F)(F)n1cc2c(c1)NCCC2. The number of nitrogens with zero attached hydrogens (tertiary/aromatic N) is 1. The van der Waals surface area contributed by atoms with Gasteiger partial charge in [0.1, 0.15) is 0 Å². The van der Waals surface area contributed by atoms with Crippen LogP contribution in [0.1, 0.15) is 12.0 Å². The molecule has 0 aliphatic carbocycles. The van der Waals surface area contributed by atoms with Crippen molar-refractivity contribution in [2.75, 3.05) is 11.9 Å². The fraction of sp³-hybridized carbons (Fsp3) is 0.500. The second-order valence-corrected chi connectivity index (χ2v) is 3.10. The molecule has 0 aromatic carbocycles. The smallest absolute Gasteiger partial charge is 0.384 e. The third kappa shape index (κ3) is 1.50. The molecule has 0 bridgehead atoms. The number of anilines is 1. The van der Waals surface area contributed by atoms with Crippen LogP contribution in [0.15, 0.2) is 12.4 Å². The Morgan fingerprint density at radius 3 is 2.69 bits per heavy atom. The van der Waals surface area contributed by atoms with Crippen LogP contribution < -0.4 is 5.32 Å². The summed E-state index contributed by atoms with van der Waals surface area (Å²) in [6.07, 6.45) is -0.407. The lowest BCUT2D eigenvalue weighted by molar-refractivity contribution is -0.203. The molecule has 2 nitrogen and oxygen atoms in total. The molecule has 0 spiro atoms. The number of hydrogen-bond donors (Lipinski definition) is 1. The molecule has 1 aliphatic rings. The molecule has 1 N–H and O–H groups in total. The van der Waals surface area contributed by atoms with E-state index in [1.54, 1.807) is 0 Å². The van der Waals surface area contributed by atoms with Crippen molar-refractivity contribution in [3.8, 4) is 0 Å². The molecule has 13 heavy (non-hydrogen) atoms. The molecule has 0 fully saturated rings. The van der Waals surface area contributed by atoms with E-state index in [1.165, 1.54) is 0 Å². The number of fused-ring (bicyclic) bond motifs is 1. The standard InChI is InChI=1S/C8H9F3N2/c9-8(10,11)13-4-6-2-1-3-12-7(6)5-13/h4-5,12H,1-3H2. The highest BCUT2D eigenvalue weighted by molar-refractivity contribution is 5.51. The first-order valence-electron chi connectivity index (χ1n) is 4.09. The molecule has 1 aliphatic heterocycles. The molecular weight excluding hydrogens is 181 g/mol. The minimum atomic E-state index is -4.29. The Kier molecular flexibility index (Phi) is 1.75. The highest BCUT2D eigenvalue weighted by Crippen LogP contribution is 2.29. The van der Waals surface area contributed by atoms with Gasteiger partial charge in [0.15, 0.2) is 0 Å². The van der Waals surface area contributed by atoms with Crippen LogP contribution in [0, 0.1) is 0 Å². The Morgan fingerprint density at radius 1 is 1.31 bits per heavy atom. The van der Waals surface area contributed by atoms with Crippen LogP contribution in [0.4, 0.5) is 18.9 Å². The van der Waals surface area contributed by atoms with E-state index in [0.717, 1.165) is 37.3 Å². The number of hydrogen-bond acceptors (Lipinski definition) is 1. The molecular formula is C8H9F3N2. The van der Waals surface area contributed by atoms with E-state index in [0.29, 0.717) is 10.3 Å². The molecule has 0 amide bonds. The number of rotatable bonds is 0. The minimum absolute atomic E-state index is 0.302. The van der Waals surface area contributed by atoms with Crippen LogP contribution in [-0.2, 0) is 12.7 Å². The van der Waals surface area contributed by atoms with Crippen LogP contribution >= 0.6 is 0 Å². The summed E-state index contributed by atoms with van der Waals surface area (Å²) in [5, 5.41) is 2.93. The second-order valence-electron chi connectivity index (χ2n) is 3.10. The van der Waals surface area contributed by atoms with Gasteiger partial charge in [-0.15, -0.1) is 13.2 Å². The maximum absolute atomic E-state index is 12.2. The summed E-state index contributed by atoms with van der Waals surface area (Å²) in [7, 11) is 0. The Morgan fingerprint density at radius 2 is 2.08 bits per heavy atom. The Labute approximate surface area is 73.4 Å².